The molecule has 1 aromatic heterocycles. The summed E-state index contributed by atoms with van der Waals surface area (Å²) in [4.78, 5) is 13.7. The Hall–Kier alpha value is -1.00. The van der Waals surface area contributed by atoms with Gasteiger partial charge in [0.2, 0.25) is 0 Å². The van der Waals surface area contributed by atoms with Crippen LogP contribution in [-0.4, -0.2) is 17.6 Å². The molecule has 0 aliphatic rings. The van der Waals surface area contributed by atoms with E-state index in [2.05, 4.69) is 9.72 Å². The van der Waals surface area contributed by atoms with Gasteiger partial charge in [-0.25, -0.2) is 8.78 Å². The second kappa shape index (κ2) is 5.10. The molecule has 9 heteroatoms. The van der Waals surface area contributed by atoms with Crippen molar-refractivity contribution in [2.24, 2.45) is 0 Å². The molecule has 0 aliphatic heterocycles. The lowest BCUT2D eigenvalue weighted by Crippen LogP contribution is -2.20. The van der Waals surface area contributed by atoms with E-state index in [1.807, 2.05) is 0 Å². The van der Waals surface area contributed by atoms with Crippen LogP contribution >= 0.6 is 22.6 Å². The van der Waals surface area contributed by atoms with E-state index in [0.717, 1.165) is 0 Å². The molecule has 0 atom stereocenters. The number of hydrogen-bond donors (Lipinski definition) is 0. The van der Waals surface area contributed by atoms with Gasteiger partial charge in [-0.3, -0.25) is 9.78 Å². The summed E-state index contributed by atoms with van der Waals surface area (Å²) >= 11 is 1.29. The van der Waals surface area contributed by atoms with Gasteiger partial charge in [-0.1, -0.05) is 0 Å². The maximum atomic E-state index is 12.4. The fourth-order valence-corrected chi connectivity index (χ4v) is 1.64. The van der Waals surface area contributed by atoms with Crippen LogP contribution < -0.4 is 4.74 Å². The van der Waals surface area contributed by atoms with Gasteiger partial charge in [0.05, 0.1) is 9.13 Å². The van der Waals surface area contributed by atoms with Gasteiger partial charge < -0.3 is 4.74 Å². The number of pyridine rings is 1. The van der Waals surface area contributed by atoms with Crippen LogP contribution in [0.5, 0.6) is 5.75 Å². The van der Waals surface area contributed by atoms with E-state index in [9.17, 15) is 26.7 Å². The van der Waals surface area contributed by atoms with Crippen molar-refractivity contribution < 1.29 is 31.5 Å². The van der Waals surface area contributed by atoms with Crippen molar-refractivity contribution >= 4 is 28.9 Å². The third kappa shape index (κ3) is 3.48. The summed E-state index contributed by atoms with van der Waals surface area (Å²) < 4.78 is 64.0. The lowest BCUT2D eigenvalue weighted by Gasteiger charge is -2.14. The topological polar surface area (TPSA) is 39.2 Å². The summed E-state index contributed by atoms with van der Waals surface area (Å²) in [5.74, 6) is -1.09. The molecule has 0 bridgehead atoms. The minimum Gasteiger partial charge on any atom is -0.404 e. The Kier molecular flexibility index (Phi) is 4.22. The maximum Gasteiger partial charge on any atom is 0.573 e. The second-order valence-electron chi connectivity index (χ2n) is 2.71. The number of carbonyl (C=O) groups excluding carboxylic acids is 1. The quantitative estimate of drug-likeness (QED) is 0.468. The van der Waals surface area contributed by atoms with E-state index in [1.54, 1.807) is 0 Å². The third-order valence-electron chi connectivity index (χ3n) is 1.59. The molecule has 0 radical (unpaired) electrons. The van der Waals surface area contributed by atoms with Crippen LogP contribution in [0.2, 0.25) is 0 Å². The van der Waals surface area contributed by atoms with Crippen LogP contribution in [0.1, 0.15) is 22.5 Å². The number of ether oxygens (including phenoxy) is 1. The number of hydrogen-bond acceptors (Lipinski definition) is 3. The average Bonchev–Trinajstić information content (AvgIpc) is 2.18. The number of carbonyl (C=O) groups is 1. The summed E-state index contributed by atoms with van der Waals surface area (Å²) in [7, 11) is 0. The molecule has 0 unspecified atom stereocenters. The molecule has 0 aliphatic carbocycles. The predicted octanol–water partition coefficient (Wildman–Crippen LogP) is 3.33. The van der Waals surface area contributed by atoms with Gasteiger partial charge in [0, 0.05) is 6.20 Å². The van der Waals surface area contributed by atoms with E-state index in [4.69, 9.17) is 0 Å². The van der Waals surface area contributed by atoms with Crippen LogP contribution in [0.15, 0.2) is 6.20 Å². The van der Waals surface area contributed by atoms with Crippen LogP contribution in [0.25, 0.3) is 0 Å². The molecule has 0 spiro atoms. The van der Waals surface area contributed by atoms with Gasteiger partial charge in [0.15, 0.2) is 12.0 Å². The zero-order chi connectivity index (χ0) is 13.2. The van der Waals surface area contributed by atoms with Crippen LogP contribution in [-0.2, 0) is 0 Å². The smallest absolute Gasteiger partial charge is 0.404 e. The molecular weight excluding hydrogens is 364 g/mol. The Morgan fingerprint density at radius 1 is 1.41 bits per heavy atom. The highest BCUT2D eigenvalue weighted by molar-refractivity contribution is 14.1. The van der Waals surface area contributed by atoms with Crippen molar-refractivity contribution in [2.75, 3.05) is 0 Å². The number of alkyl halides is 5. The molecule has 1 heterocycles. The van der Waals surface area contributed by atoms with Crippen LogP contribution in [0.3, 0.4) is 0 Å². The highest BCUT2D eigenvalue weighted by Gasteiger charge is 2.35. The molecule has 1 aromatic rings. The van der Waals surface area contributed by atoms with Crippen LogP contribution in [0, 0.1) is 3.57 Å². The van der Waals surface area contributed by atoms with Crippen molar-refractivity contribution in [3.63, 3.8) is 0 Å². The molecule has 94 valence electrons. The van der Waals surface area contributed by atoms with E-state index in [0.29, 0.717) is 6.20 Å². The minimum atomic E-state index is -5.12. The zero-order valence-electron chi connectivity index (χ0n) is 7.76. The Balaban J connectivity index is 3.35. The SMILES string of the molecule is O=Cc1ncc(C(F)F)c(OC(F)(F)F)c1I. The van der Waals surface area contributed by atoms with Crippen LogP contribution in [0.4, 0.5) is 22.0 Å². The first-order chi connectivity index (χ1) is 7.76. The van der Waals surface area contributed by atoms with Gasteiger partial charge in [-0.05, 0) is 22.6 Å². The van der Waals surface area contributed by atoms with Gasteiger partial charge in [0.1, 0.15) is 5.69 Å². The number of aldehydes is 1. The van der Waals surface area contributed by atoms with Crippen molar-refractivity contribution in [1.82, 2.24) is 4.98 Å². The molecule has 0 N–H and O–H groups in total. The Morgan fingerprint density at radius 3 is 2.41 bits per heavy atom. The van der Waals surface area contributed by atoms with E-state index in [1.165, 1.54) is 22.6 Å². The number of halogens is 6. The molecule has 0 fully saturated rings. The standard InChI is InChI=1S/C8H3F5INO2/c9-7(10)3-1-15-4(2-16)5(14)6(3)17-8(11,12)13/h1-2,7H. The van der Waals surface area contributed by atoms with Gasteiger partial charge >= 0.3 is 6.36 Å². The lowest BCUT2D eigenvalue weighted by molar-refractivity contribution is -0.275. The average molecular weight is 367 g/mol. The van der Waals surface area contributed by atoms with Gasteiger partial charge in [-0.2, -0.15) is 0 Å². The highest BCUT2D eigenvalue weighted by atomic mass is 127. The first-order valence-corrected chi connectivity index (χ1v) is 5.01. The van der Waals surface area contributed by atoms with E-state index >= 15 is 0 Å². The van der Waals surface area contributed by atoms with Crippen molar-refractivity contribution in [3.8, 4) is 5.75 Å². The monoisotopic (exact) mass is 367 g/mol. The second-order valence-corrected chi connectivity index (χ2v) is 3.79. The molecule has 0 saturated carbocycles. The number of rotatable bonds is 3. The summed E-state index contributed by atoms with van der Waals surface area (Å²) in [6.45, 7) is 0. The summed E-state index contributed by atoms with van der Waals surface area (Å²) in [6.07, 6.45) is -7.67. The Morgan fingerprint density at radius 2 is 2.00 bits per heavy atom. The number of aromatic nitrogens is 1. The van der Waals surface area contributed by atoms with Crippen molar-refractivity contribution in [3.05, 3.63) is 21.0 Å². The molecule has 1 rings (SSSR count). The normalized spacial score (nSPS) is 11.7. The first-order valence-electron chi connectivity index (χ1n) is 3.93. The highest BCUT2D eigenvalue weighted by Crippen LogP contribution is 2.36. The first kappa shape index (κ1) is 14.1. The van der Waals surface area contributed by atoms with Gasteiger partial charge in [-0.15, -0.1) is 13.2 Å². The van der Waals surface area contributed by atoms with E-state index < -0.39 is 33.4 Å². The summed E-state index contributed by atoms with van der Waals surface area (Å²) in [6, 6.07) is 0. The Bertz CT molecular complexity index is 435. The molecule has 0 saturated heterocycles. The fourth-order valence-electron chi connectivity index (χ4n) is 0.954. The van der Waals surface area contributed by atoms with E-state index in [-0.39, 0.29) is 6.29 Å². The molecule has 0 aromatic carbocycles. The summed E-state index contributed by atoms with van der Waals surface area (Å²) in [5, 5.41) is 0. The zero-order valence-corrected chi connectivity index (χ0v) is 9.92. The fraction of sp³-hybridized carbons (Fsp3) is 0.250. The third-order valence-corrected chi connectivity index (χ3v) is 2.64. The largest absolute Gasteiger partial charge is 0.573 e. The Labute approximate surface area is 105 Å². The minimum absolute atomic E-state index is 0.153. The molecule has 17 heavy (non-hydrogen) atoms. The number of nitrogens with zero attached hydrogens (tertiary/aromatic N) is 1. The van der Waals surface area contributed by atoms with Crippen molar-refractivity contribution in [1.29, 1.82) is 0 Å². The molecule has 0 amide bonds. The molecule has 3 nitrogen and oxygen atoms in total. The lowest BCUT2D eigenvalue weighted by atomic mass is 10.2. The predicted molar refractivity (Wildman–Crippen MR) is 54.0 cm³/mol. The van der Waals surface area contributed by atoms with Gasteiger partial charge in [0.25, 0.3) is 6.43 Å². The summed E-state index contributed by atoms with van der Waals surface area (Å²) in [5.41, 5.74) is -1.41. The van der Waals surface area contributed by atoms with Crippen molar-refractivity contribution in [2.45, 2.75) is 12.8 Å². The molecular formula is C8H3F5INO2. The maximum absolute atomic E-state index is 12.4.